The van der Waals surface area contributed by atoms with E-state index in [1.54, 1.807) is 48.0 Å². The van der Waals surface area contributed by atoms with Gasteiger partial charge < -0.3 is 0 Å². The van der Waals surface area contributed by atoms with E-state index < -0.39 is 17.4 Å². The lowest BCUT2D eigenvalue weighted by Crippen LogP contribution is -2.40. The van der Waals surface area contributed by atoms with Crippen molar-refractivity contribution in [3.63, 3.8) is 0 Å². The number of benzene rings is 2. The Kier molecular flexibility index (Phi) is 5.32. The molecule has 0 spiro atoms. The molecule has 4 aromatic rings. The van der Waals surface area contributed by atoms with Crippen molar-refractivity contribution in [1.82, 2.24) is 9.78 Å². The molecule has 0 unspecified atom stereocenters. The summed E-state index contributed by atoms with van der Waals surface area (Å²) >= 11 is 0. The normalized spacial score (nSPS) is 13.8. The SMILES string of the molecule is Cc1cccc(N2C(=O)C(c3c(C)[nH]n(-c4ccccc4)c3=O)=C([n+]3ccc(C)c(C)c3)C2=O)c1. The third-order valence-corrected chi connectivity index (χ3v) is 6.35. The van der Waals surface area contributed by atoms with Crippen molar-refractivity contribution < 1.29 is 14.2 Å². The standard InChI is InChI=1S/C28H24N4O3/c1-17-9-8-12-22(15-17)31-26(33)24(25(28(31)35)30-14-13-18(2)19(3)16-30)23-20(4)29-32(27(23)34)21-10-6-5-7-11-21/h5-16H,1-4H3/p+1. The molecule has 1 aliphatic rings. The van der Waals surface area contributed by atoms with Gasteiger partial charge in [-0.25, -0.2) is 9.58 Å². The van der Waals surface area contributed by atoms with E-state index >= 15 is 0 Å². The number of imide groups is 1. The van der Waals surface area contributed by atoms with Crippen LogP contribution in [-0.2, 0) is 9.59 Å². The van der Waals surface area contributed by atoms with Gasteiger partial charge in [-0.1, -0.05) is 30.3 Å². The molecule has 0 saturated heterocycles. The second-order valence-corrected chi connectivity index (χ2v) is 8.81. The van der Waals surface area contributed by atoms with E-state index in [2.05, 4.69) is 5.10 Å². The smallest absolute Gasteiger partial charge is 0.295 e. The zero-order valence-electron chi connectivity index (χ0n) is 20.0. The maximum absolute atomic E-state index is 13.9. The lowest BCUT2D eigenvalue weighted by molar-refractivity contribution is -0.577. The fourth-order valence-electron chi connectivity index (χ4n) is 4.40. The molecule has 0 atom stereocenters. The Bertz CT molecular complexity index is 1590. The van der Waals surface area contributed by atoms with E-state index in [4.69, 9.17) is 0 Å². The van der Waals surface area contributed by atoms with Crippen LogP contribution in [0.3, 0.4) is 0 Å². The highest BCUT2D eigenvalue weighted by atomic mass is 16.2. The van der Waals surface area contributed by atoms with Crippen molar-refractivity contribution >= 4 is 28.8 Å². The van der Waals surface area contributed by atoms with E-state index in [0.29, 0.717) is 17.1 Å². The van der Waals surface area contributed by atoms with Crippen LogP contribution in [0.2, 0.25) is 0 Å². The van der Waals surface area contributed by atoms with Gasteiger partial charge in [0.1, 0.15) is 5.57 Å². The summed E-state index contributed by atoms with van der Waals surface area (Å²) in [6, 6.07) is 18.2. The fourth-order valence-corrected chi connectivity index (χ4v) is 4.40. The minimum Gasteiger partial charge on any atom is -0.295 e. The molecule has 0 fully saturated rings. The van der Waals surface area contributed by atoms with Crippen LogP contribution >= 0.6 is 0 Å². The van der Waals surface area contributed by atoms with Crippen LogP contribution < -0.4 is 15.0 Å². The van der Waals surface area contributed by atoms with Crippen LogP contribution in [-0.4, -0.2) is 21.6 Å². The average Bonchev–Trinajstić information content (AvgIpc) is 3.27. The maximum Gasteiger partial charge on any atom is 0.331 e. The van der Waals surface area contributed by atoms with Crippen LogP contribution in [0, 0.1) is 27.7 Å². The Labute approximate surface area is 202 Å². The number of H-pyrrole nitrogens is 1. The number of pyridine rings is 1. The van der Waals surface area contributed by atoms with Crippen molar-refractivity contribution in [2.24, 2.45) is 0 Å². The Morgan fingerprint density at radius 1 is 0.771 bits per heavy atom. The minimum atomic E-state index is -0.527. The molecule has 5 rings (SSSR count). The lowest BCUT2D eigenvalue weighted by atomic mass is 10.0. The molecule has 0 radical (unpaired) electrons. The van der Waals surface area contributed by atoms with Gasteiger partial charge >= 0.3 is 5.91 Å². The van der Waals surface area contributed by atoms with Crippen molar-refractivity contribution in [3.8, 4) is 5.69 Å². The largest absolute Gasteiger partial charge is 0.331 e. The van der Waals surface area contributed by atoms with E-state index in [0.717, 1.165) is 21.6 Å². The van der Waals surface area contributed by atoms with Gasteiger partial charge in [0.25, 0.3) is 17.2 Å². The third-order valence-electron chi connectivity index (χ3n) is 6.35. The van der Waals surface area contributed by atoms with Gasteiger partial charge in [-0.05, 0) is 63.1 Å². The van der Waals surface area contributed by atoms with E-state index in [1.807, 2.05) is 57.3 Å². The number of rotatable bonds is 4. The first-order valence-electron chi connectivity index (χ1n) is 11.3. The molecule has 7 nitrogen and oxygen atoms in total. The number of hydrogen-bond donors (Lipinski definition) is 1. The van der Waals surface area contributed by atoms with E-state index in [1.165, 1.54) is 4.68 Å². The molecular weight excluding hydrogens is 440 g/mol. The first kappa shape index (κ1) is 22.3. The quantitative estimate of drug-likeness (QED) is 0.369. The molecule has 0 bridgehead atoms. The second-order valence-electron chi connectivity index (χ2n) is 8.81. The minimum absolute atomic E-state index is 0.0817. The zero-order valence-corrected chi connectivity index (χ0v) is 20.0. The predicted octanol–water partition coefficient (Wildman–Crippen LogP) is 3.63. The molecule has 2 amide bonds. The summed E-state index contributed by atoms with van der Waals surface area (Å²) in [5, 5.41) is 3.08. The number of aromatic amines is 1. The highest BCUT2D eigenvalue weighted by molar-refractivity contribution is 6.53. The number of aromatic nitrogens is 3. The fraction of sp³-hybridized carbons (Fsp3) is 0.143. The summed E-state index contributed by atoms with van der Waals surface area (Å²) in [4.78, 5) is 42.5. The Balaban J connectivity index is 1.78. The van der Waals surface area contributed by atoms with Gasteiger partial charge in [-0.3, -0.25) is 19.5 Å². The first-order valence-corrected chi connectivity index (χ1v) is 11.3. The van der Waals surface area contributed by atoms with Crippen LogP contribution in [0.1, 0.15) is 27.9 Å². The number of nitrogens with zero attached hydrogens (tertiary/aromatic N) is 3. The highest BCUT2D eigenvalue weighted by Crippen LogP contribution is 2.33. The molecule has 1 N–H and O–H groups in total. The van der Waals surface area contributed by atoms with E-state index in [9.17, 15) is 14.4 Å². The number of amides is 2. The Morgan fingerprint density at radius 3 is 2.17 bits per heavy atom. The molecule has 2 aromatic heterocycles. The monoisotopic (exact) mass is 465 g/mol. The van der Waals surface area contributed by atoms with E-state index in [-0.39, 0.29) is 16.8 Å². The van der Waals surface area contributed by atoms with Gasteiger partial charge in [0.05, 0.1) is 16.9 Å². The molecule has 1 aliphatic heterocycles. The number of carbonyl (C=O) groups is 2. The zero-order chi connectivity index (χ0) is 24.9. The number of anilines is 1. The number of nitrogens with one attached hydrogen (secondary N) is 1. The summed E-state index contributed by atoms with van der Waals surface area (Å²) in [5.74, 6) is -1.00. The Hall–Kier alpha value is -4.52. The molecule has 0 aliphatic carbocycles. The lowest BCUT2D eigenvalue weighted by Gasteiger charge is -2.14. The molecule has 3 heterocycles. The van der Waals surface area contributed by atoms with Crippen molar-refractivity contribution in [1.29, 1.82) is 0 Å². The molecule has 2 aromatic carbocycles. The molecule has 7 heteroatoms. The van der Waals surface area contributed by atoms with Crippen LogP contribution in [0.25, 0.3) is 17.0 Å². The summed E-state index contributed by atoms with van der Waals surface area (Å²) < 4.78 is 3.04. The van der Waals surface area contributed by atoms with Crippen LogP contribution in [0.15, 0.2) is 77.9 Å². The van der Waals surface area contributed by atoms with Crippen LogP contribution in [0.4, 0.5) is 5.69 Å². The summed E-state index contributed by atoms with van der Waals surface area (Å²) in [5.41, 5.74) is 4.57. The number of aryl methyl sites for hydroxylation is 4. The maximum atomic E-state index is 13.9. The molecular formula is C28H25N4O3+. The van der Waals surface area contributed by atoms with Crippen molar-refractivity contribution in [2.45, 2.75) is 27.7 Å². The van der Waals surface area contributed by atoms with Crippen molar-refractivity contribution in [3.05, 3.63) is 111 Å². The molecule has 35 heavy (non-hydrogen) atoms. The average molecular weight is 466 g/mol. The number of carbonyl (C=O) groups excluding carboxylic acids is 2. The highest BCUT2D eigenvalue weighted by Gasteiger charge is 2.48. The molecule has 0 saturated carbocycles. The van der Waals surface area contributed by atoms with Crippen molar-refractivity contribution in [2.75, 3.05) is 4.90 Å². The van der Waals surface area contributed by atoms with Gasteiger partial charge in [-0.15, -0.1) is 0 Å². The summed E-state index contributed by atoms with van der Waals surface area (Å²) in [7, 11) is 0. The van der Waals surface area contributed by atoms with Gasteiger partial charge in [0.2, 0.25) is 0 Å². The Morgan fingerprint density at radius 2 is 1.49 bits per heavy atom. The predicted molar refractivity (Wildman–Crippen MR) is 134 cm³/mol. The van der Waals surface area contributed by atoms with Crippen LogP contribution in [0.5, 0.6) is 0 Å². The number of para-hydroxylation sites is 1. The summed E-state index contributed by atoms with van der Waals surface area (Å²) in [6.45, 7) is 7.55. The number of hydrogen-bond acceptors (Lipinski definition) is 3. The molecule has 174 valence electrons. The third kappa shape index (κ3) is 3.61. The van der Waals surface area contributed by atoms with Gasteiger partial charge in [-0.2, -0.15) is 4.57 Å². The van der Waals surface area contributed by atoms with Gasteiger partial charge in [0.15, 0.2) is 12.4 Å². The topological polar surface area (TPSA) is 79.1 Å². The summed E-state index contributed by atoms with van der Waals surface area (Å²) in [6.07, 6.45) is 3.56. The first-order chi connectivity index (χ1) is 16.8. The van der Waals surface area contributed by atoms with Gasteiger partial charge in [0, 0.05) is 17.3 Å². The second kappa shape index (κ2) is 8.36.